The smallest absolute Gasteiger partial charge is 0.143 e. The van der Waals surface area contributed by atoms with Gasteiger partial charge in [0.2, 0.25) is 0 Å². The molecule has 0 fully saturated rings. The monoisotopic (exact) mass is 321 g/mol. The van der Waals surface area contributed by atoms with E-state index in [9.17, 15) is 0 Å². The molecule has 4 heteroatoms. The van der Waals surface area contributed by atoms with Gasteiger partial charge < -0.3 is 4.84 Å². The van der Waals surface area contributed by atoms with E-state index < -0.39 is 0 Å². The van der Waals surface area contributed by atoms with E-state index in [1.165, 1.54) is 5.56 Å². The third kappa shape index (κ3) is 4.48. The predicted molar refractivity (Wildman–Crippen MR) is 89.3 cm³/mol. The molecular formula is C17H17Cl2NO. The molecule has 0 heterocycles. The Kier molecular flexibility index (Phi) is 5.66. The zero-order valence-electron chi connectivity index (χ0n) is 12.1. The molecule has 0 aliphatic heterocycles. The van der Waals surface area contributed by atoms with Crippen LogP contribution in [0.2, 0.25) is 10.0 Å². The molecule has 0 amide bonds. The van der Waals surface area contributed by atoms with Crippen LogP contribution >= 0.6 is 23.2 Å². The first-order valence-corrected chi connectivity index (χ1v) is 7.55. The van der Waals surface area contributed by atoms with E-state index in [-0.39, 0.29) is 0 Å². The van der Waals surface area contributed by atoms with Crippen LogP contribution in [-0.4, -0.2) is 5.71 Å². The summed E-state index contributed by atoms with van der Waals surface area (Å²) in [6, 6.07) is 13.6. The van der Waals surface area contributed by atoms with Gasteiger partial charge in [-0.3, -0.25) is 0 Å². The summed E-state index contributed by atoms with van der Waals surface area (Å²) in [5.41, 5.74) is 4.05. The molecule has 0 atom stereocenters. The van der Waals surface area contributed by atoms with Crippen LogP contribution in [-0.2, 0) is 17.9 Å². The molecule has 110 valence electrons. The lowest BCUT2D eigenvalue weighted by atomic mass is 10.1. The Morgan fingerprint density at radius 1 is 1.14 bits per heavy atom. The number of benzene rings is 2. The minimum atomic E-state index is 0.320. The molecule has 2 aromatic carbocycles. The summed E-state index contributed by atoms with van der Waals surface area (Å²) >= 11 is 11.9. The second-order valence-corrected chi connectivity index (χ2v) is 5.58. The molecule has 0 aromatic heterocycles. The van der Waals surface area contributed by atoms with Crippen LogP contribution < -0.4 is 0 Å². The van der Waals surface area contributed by atoms with Crippen molar-refractivity contribution < 1.29 is 4.84 Å². The summed E-state index contributed by atoms with van der Waals surface area (Å²) in [4.78, 5) is 5.39. The summed E-state index contributed by atoms with van der Waals surface area (Å²) in [6.07, 6.45) is 1.00. The predicted octanol–water partition coefficient (Wildman–Crippen LogP) is 5.50. The zero-order chi connectivity index (χ0) is 15.2. The van der Waals surface area contributed by atoms with Crippen molar-refractivity contribution in [2.75, 3.05) is 0 Å². The van der Waals surface area contributed by atoms with Crippen LogP contribution in [0.5, 0.6) is 0 Å². The van der Waals surface area contributed by atoms with E-state index in [0.29, 0.717) is 16.7 Å². The first kappa shape index (κ1) is 15.9. The highest BCUT2D eigenvalue weighted by molar-refractivity contribution is 6.35. The molecule has 0 saturated heterocycles. The first-order valence-electron chi connectivity index (χ1n) is 6.80. The molecule has 21 heavy (non-hydrogen) atoms. The van der Waals surface area contributed by atoms with Gasteiger partial charge in [0.25, 0.3) is 0 Å². The number of hydrogen-bond donors (Lipinski definition) is 0. The van der Waals surface area contributed by atoms with Crippen LogP contribution in [0.25, 0.3) is 0 Å². The van der Waals surface area contributed by atoms with E-state index in [1.807, 2.05) is 25.1 Å². The molecule has 2 nitrogen and oxygen atoms in total. The van der Waals surface area contributed by atoms with E-state index in [1.54, 1.807) is 12.1 Å². The van der Waals surface area contributed by atoms with Crippen molar-refractivity contribution >= 4 is 28.9 Å². The van der Waals surface area contributed by atoms with E-state index in [2.05, 4.69) is 24.2 Å². The second-order valence-electron chi connectivity index (χ2n) is 4.74. The van der Waals surface area contributed by atoms with Crippen molar-refractivity contribution in [3.63, 3.8) is 0 Å². The minimum absolute atomic E-state index is 0.320. The SMILES string of the molecule is CCc1cccc(/C(C)=N/OCc2ccc(Cl)cc2Cl)c1. The summed E-state index contributed by atoms with van der Waals surface area (Å²) in [7, 11) is 0. The van der Waals surface area contributed by atoms with Gasteiger partial charge in [0.15, 0.2) is 0 Å². The minimum Gasteiger partial charge on any atom is -0.391 e. The molecular weight excluding hydrogens is 305 g/mol. The van der Waals surface area contributed by atoms with Crippen LogP contribution in [0.1, 0.15) is 30.5 Å². The molecule has 0 aliphatic rings. The Morgan fingerprint density at radius 2 is 1.95 bits per heavy atom. The van der Waals surface area contributed by atoms with E-state index in [4.69, 9.17) is 28.0 Å². The van der Waals surface area contributed by atoms with Crippen LogP contribution in [0, 0.1) is 0 Å². The molecule has 0 saturated carbocycles. The van der Waals surface area contributed by atoms with Crippen molar-refractivity contribution in [3.05, 3.63) is 69.2 Å². The molecule has 0 radical (unpaired) electrons. The highest BCUT2D eigenvalue weighted by atomic mass is 35.5. The van der Waals surface area contributed by atoms with Gasteiger partial charge in [-0.15, -0.1) is 0 Å². The molecule has 0 unspecified atom stereocenters. The molecule has 2 rings (SSSR count). The van der Waals surface area contributed by atoms with Crippen LogP contribution in [0.15, 0.2) is 47.6 Å². The average Bonchev–Trinajstić information content (AvgIpc) is 2.49. The number of rotatable bonds is 5. The quantitative estimate of drug-likeness (QED) is 0.526. The highest BCUT2D eigenvalue weighted by Gasteiger charge is 2.03. The third-order valence-electron chi connectivity index (χ3n) is 3.19. The summed E-state index contributed by atoms with van der Waals surface area (Å²) < 4.78 is 0. The number of nitrogens with zero attached hydrogens (tertiary/aromatic N) is 1. The fourth-order valence-corrected chi connectivity index (χ4v) is 2.37. The van der Waals surface area contributed by atoms with Crippen molar-refractivity contribution in [1.82, 2.24) is 0 Å². The fourth-order valence-electron chi connectivity index (χ4n) is 1.91. The van der Waals surface area contributed by atoms with Gasteiger partial charge in [-0.1, -0.05) is 59.5 Å². The molecule has 0 aliphatic carbocycles. The van der Waals surface area contributed by atoms with Crippen molar-refractivity contribution in [2.24, 2.45) is 5.16 Å². The van der Waals surface area contributed by atoms with Gasteiger partial charge in [-0.25, -0.2) is 0 Å². The van der Waals surface area contributed by atoms with Crippen molar-refractivity contribution in [3.8, 4) is 0 Å². The standard InChI is InChI=1S/C17H17Cl2NO/c1-3-13-5-4-6-14(9-13)12(2)20-21-11-15-7-8-16(18)10-17(15)19/h4-10H,3,11H2,1-2H3/b20-12+. The van der Waals surface area contributed by atoms with Gasteiger partial charge >= 0.3 is 0 Å². The molecule has 0 spiro atoms. The van der Waals surface area contributed by atoms with E-state index in [0.717, 1.165) is 23.3 Å². The van der Waals surface area contributed by atoms with Crippen molar-refractivity contribution in [1.29, 1.82) is 0 Å². The lowest BCUT2D eigenvalue weighted by Crippen LogP contribution is -1.98. The summed E-state index contributed by atoms with van der Waals surface area (Å²) in [6.45, 7) is 4.38. The zero-order valence-corrected chi connectivity index (χ0v) is 13.6. The van der Waals surface area contributed by atoms with Crippen molar-refractivity contribution in [2.45, 2.75) is 26.9 Å². The number of oxime groups is 1. The Balaban J connectivity index is 2.03. The maximum atomic E-state index is 6.09. The molecule has 2 aromatic rings. The maximum Gasteiger partial charge on any atom is 0.143 e. The maximum absolute atomic E-state index is 6.09. The third-order valence-corrected chi connectivity index (χ3v) is 3.78. The highest BCUT2D eigenvalue weighted by Crippen LogP contribution is 2.21. The van der Waals surface area contributed by atoms with Gasteiger partial charge in [0.05, 0.1) is 5.71 Å². The van der Waals surface area contributed by atoms with Gasteiger partial charge in [0, 0.05) is 15.6 Å². The Hall–Kier alpha value is -1.51. The Morgan fingerprint density at radius 3 is 2.67 bits per heavy atom. The lowest BCUT2D eigenvalue weighted by molar-refractivity contribution is 0.130. The normalized spacial score (nSPS) is 11.5. The van der Waals surface area contributed by atoms with Gasteiger partial charge in [0.1, 0.15) is 6.61 Å². The topological polar surface area (TPSA) is 21.6 Å². The lowest BCUT2D eigenvalue weighted by Gasteiger charge is -2.06. The fraction of sp³-hybridized carbons (Fsp3) is 0.235. The number of hydrogen-bond acceptors (Lipinski definition) is 2. The largest absolute Gasteiger partial charge is 0.391 e. The molecule has 0 bridgehead atoms. The van der Waals surface area contributed by atoms with Gasteiger partial charge in [-0.2, -0.15) is 0 Å². The average molecular weight is 322 g/mol. The van der Waals surface area contributed by atoms with Crippen LogP contribution in [0.4, 0.5) is 0 Å². The second kappa shape index (κ2) is 7.48. The van der Waals surface area contributed by atoms with Gasteiger partial charge in [-0.05, 0) is 42.7 Å². The Labute approximate surface area is 135 Å². The number of halogens is 2. The first-order chi connectivity index (χ1) is 10.1. The summed E-state index contributed by atoms with van der Waals surface area (Å²) in [5, 5.41) is 5.35. The number of aryl methyl sites for hydroxylation is 1. The Bertz CT molecular complexity index is 653. The van der Waals surface area contributed by atoms with Crippen LogP contribution in [0.3, 0.4) is 0 Å². The molecule has 0 N–H and O–H groups in total. The summed E-state index contributed by atoms with van der Waals surface area (Å²) in [5.74, 6) is 0. The van der Waals surface area contributed by atoms with E-state index >= 15 is 0 Å².